The van der Waals surface area contributed by atoms with Gasteiger partial charge < -0.3 is 15.1 Å². The second-order valence-corrected chi connectivity index (χ2v) is 3.73. The molecule has 1 aliphatic rings. The van der Waals surface area contributed by atoms with Crippen molar-refractivity contribution in [1.82, 2.24) is 4.98 Å². The van der Waals surface area contributed by atoms with Crippen molar-refractivity contribution in [1.29, 1.82) is 0 Å². The summed E-state index contributed by atoms with van der Waals surface area (Å²) in [5.74, 6) is 0.811. The maximum absolute atomic E-state index is 9.36. The molecule has 4 heteroatoms. The normalized spacial score (nSPS) is 26.9. The van der Waals surface area contributed by atoms with Gasteiger partial charge in [0.25, 0.3) is 0 Å². The first-order chi connectivity index (χ1) is 6.66. The highest BCUT2D eigenvalue weighted by Crippen LogP contribution is 2.18. The topological polar surface area (TPSA) is 56.6 Å². The van der Waals surface area contributed by atoms with Crippen molar-refractivity contribution >= 4 is 5.82 Å². The Hall–Kier alpha value is -1.13. The number of anilines is 1. The fraction of sp³-hybridized carbons (Fsp3) is 0.500. The van der Waals surface area contributed by atoms with Gasteiger partial charge in [-0.3, -0.25) is 0 Å². The van der Waals surface area contributed by atoms with E-state index >= 15 is 0 Å². The molecule has 2 rings (SSSR count). The Morgan fingerprint density at radius 3 is 2.43 bits per heavy atom. The molecule has 1 saturated heterocycles. The van der Waals surface area contributed by atoms with Gasteiger partial charge in [0.2, 0.25) is 0 Å². The van der Waals surface area contributed by atoms with Gasteiger partial charge in [0.05, 0.1) is 12.2 Å². The van der Waals surface area contributed by atoms with Crippen molar-refractivity contribution < 1.29 is 10.2 Å². The van der Waals surface area contributed by atoms with E-state index in [1.165, 1.54) is 0 Å². The first-order valence-corrected chi connectivity index (χ1v) is 4.70. The molecule has 0 saturated carbocycles. The van der Waals surface area contributed by atoms with Gasteiger partial charge in [0, 0.05) is 19.3 Å². The van der Waals surface area contributed by atoms with E-state index in [1.54, 1.807) is 6.20 Å². The number of hydrogen-bond acceptors (Lipinski definition) is 4. The van der Waals surface area contributed by atoms with Crippen molar-refractivity contribution in [3.05, 3.63) is 23.9 Å². The van der Waals surface area contributed by atoms with Crippen molar-refractivity contribution in [2.45, 2.75) is 19.1 Å². The summed E-state index contributed by atoms with van der Waals surface area (Å²) in [4.78, 5) is 6.12. The Bertz CT molecular complexity index is 302. The Labute approximate surface area is 82.8 Å². The molecular formula is C10H14N2O2. The number of pyridine rings is 1. The monoisotopic (exact) mass is 194 g/mol. The molecule has 0 bridgehead atoms. The number of aliphatic hydroxyl groups is 2. The molecule has 4 nitrogen and oxygen atoms in total. The summed E-state index contributed by atoms with van der Waals surface area (Å²) >= 11 is 0. The number of nitrogens with zero attached hydrogens (tertiary/aromatic N) is 2. The van der Waals surface area contributed by atoms with Crippen molar-refractivity contribution in [3.63, 3.8) is 0 Å². The zero-order valence-electron chi connectivity index (χ0n) is 8.09. The first kappa shape index (κ1) is 9.43. The number of hydrogen-bond donors (Lipinski definition) is 2. The average Bonchev–Trinajstić information content (AvgIpc) is 2.48. The minimum atomic E-state index is -0.655. The lowest BCUT2D eigenvalue weighted by Crippen LogP contribution is -2.22. The van der Waals surface area contributed by atoms with Gasteiger partial charge in [-0.25, -0.2) is 4.98 Å². The molecule has 0 radical (unpaired) electrons. The third kappa shape index (κ3) is 1.71. The standard InChI is InChI=1S/C10H14N2O2/c1-7-2-3-10(11-4-7)12-5-8(13)9(14)6-12/h2-4,8-9,13-14H,5-6H2,1H3. The highest BCUT2D eigenvalue weighted by Gasteiger charge is 2.29. The number of aromatic nitrogens is 1. The van der Waals surface area contributed by atoms with Gasteiger partial charge >= 0.3 is 0 Å². The van der Waals surface area contributed by atoms with Crippen LogP contribution in [0.15, 0.2) is 18.3 Å². The Balaban J connectivity index is 2.13. The van der Waals surface area contributed by atoms with Crippen LogP contribution in [0.2, 0.25) is 0 Å². The lowest BCUT2D eigenvalue weighted by atomic mass is 10.3. The predicted octanol–water partition coefficient (Wildman–Crippen LogP) is -0.0682. The van der Waals surface area contributed by atoms with Crippen LogP contribution in [0.5, 0.6) is 0 Å². The van der Waals surface area contributed by atoms with Gasteiger partial charge in [-0.15, -0.1) is 0 Å². The third-order valence-electron chi connectivity index (χ3n) is 2.48. The van der Waals surface area contributed by atoms with Crippen LogP contribution in [-0.4, -0.2) is 40.5 Å². The molecule has 14 heavy (non-hydrogen) atoms. The molecule has 1 fully saturated rings. The number of rotatable bonds is 1. The molecule has 0 aliphatic carbocycles. The van der Waals surface area contributed by atoms with Gasteiger partial charge in [-0.1, -0.05) is 6.07 Å². The van der Waals surface area contributed by atoms with E-state index in [1.807, 2.05) is 24.0 Å². The van der Waals surface area contributed by atoms with Crippen molar-refractivity contribution in [2.24, 2.45) is 0 Å². The summed E-state index contributed by atoms with van der Waals surface area (Å²) in [6.07, 6.45) is 0.475. The van der Waals surface area contributed by atoms with Crippen LogP contribution < -0.4 is 4.90 Å². The summed E-state index contributed by atoms with van der Waals surface area (Å²) in [6.45, 7) is 2.89. The Morgan fingerprint density at radius 2 is 1.93 bits per heavy atom. The lowest BCUT2D eigenvalue weighted by molar-refractivity contribution is 0.0572. The van der Waals surface area contributed by atoms with E-state index in [4.69, 9.17) is 0 Å². The van der Waals surface area contributed by atoms with Crippen LogP contribution in [-0.2, 0) is 0 Å². The molecule has 0 amide bonds. The van der Waals surface area contributed by atoms with Gasteiger partial charge in [-0.05, 0) is 18.6 Å². The van der Waals surface area contributed by atoms with E-state index in [9.17, 15) is 10.2 Å². The second kappa shape index (κ2) is 3.55. The SMILES string of the molecule is Cc1ccc(N2CC(O)C(O)C2)nc1. The van der Waals surface area contributed by atoms with Gasteiger partial charge in [0.15, 0.2) is 0 Å². The maximum Gasteiger partial charge on any atom is 0.128 e. The smallest absolute Gasteiger partial charge is 0.128 e. The van der Waals surface area contributed by atoms with Gasteiger partial charge in [-0.2, -0.15) is 0 Å². The predicted molar refractivity (Wildman–Crippen MR) is 53.2 cm³/mol. The minimum absolute atomic E-state index is 0.456. The first-order valence-electron chi connectivity index (χ1n) is 4.70. The highest BCUT2D eigenvalue weighted by atomic mass is 16.3. The van der Waals surface area contributed by atoms with Crippen LogP contribution >= 0.6 is 0 Å². The van der Waals surface area contributed by atoms with Crippen LogP contribution in [0, 0.1) is 6.92 Å². The quantitative estimate of drug-likeness (QED) is 0.657. The molecule has 2 atom stereocenters. The zero-order valence-corrected chi connectivity index (χ0v) is 8.09. The molecule has 1 aliphatic heterocycles. The largest absolute Gasteiger partial charge is 0.389 e. The molecule has 76 valence electrons. The lowest BCUT2D eigenvalue weighted by Gasteiger charge is -2.15. The number of aryl methyl sites for hydroxylation is 1. The van der Waals surface area contributed by atoms with Crippen molar-refractivity contribution in [2.75, 3.05) is 18.0 Å². The highest BCUT2D eigenvalue weighted by molar-refractivity contribution is 5.41. The molecular weight excluding hydrogens is 180 g/mol. The van der Waals surface area contributed by atoms with E-state index < -0.39 is 12.2 Å². The van der Waals surface area contributed by atoms with E-state index in [2.05, 4.69) is 4.98 Å². The summed E-state index contributed by atoms with van der Waals surface area (Å²) < 4.78 is 0. The second-order valence-electron chi connectivity index (χ2n) is 3.73. The molecule has 2 unspecified atom stereocenters. The summed E-state index contributed by atoms with van der Waals surface area (Å²) in [5, 5.41) is 18.7. The number of aliphatic hydroxyl groups excluding tert-OH is 2. The molecule has 2 N–H and O–H groups in total. The summed E-state index contributed by atoms with van der Waals surface area (Å²) in [6, 6.07) is 3.87. The molecule has 0 aromatic carbocycles. The third-order valence-corrected chi connectivity index (χ3v) is 2.48. The van der Waals surface area contributed by atoms with Crippen LogP contribution in [0.25, 0.3) is 0 Å². The molecule has 0 spiro atoms. The summed E-state index contributed by atoms with van der Waals surface area (Å²) in [5.41, 5.74) is 1.11. The molecule has 2 heterocycles. The van der Waals surface area contributed by atoms with E-state index in [-0.39, 0.29) is 0 Å². The van der Waals surface area contributed by atoms with Crippen LogP contribution in [0.3, 0.4) is 0 Å². The summed E-state index contributed by atoms with van der Waals surface area (Å²) in [7, 11) is 0. The number of β-amino-alcohol motifs (C(OH)–C–C–N with tert-alkyl or cyclic N) is 2. The van der Waals surface area contributed by atoms with Gasteiger partial charge in [0.1, 0.15) is 5.82 Å². The molecule has 1 aromatic heterocycles. The average molecular weight is 194 g/mol. The van der Waals surface area contributed by atoms with Crippen LogP contribution in [0.4, 0.5) is 5.82 Å². The van der Waals surface area contributed by atoms with E-state index in [0.717, 1.165) is 11.4 Å². The molecule has 1 aromatic rings. The maximum atomic E-state index is 9.36. The van der Waals surface area contributed by atoms with E-state index in [0.29, 0.717) is 13.1 Å². The van der Waals surface area contributed by atoms with Crippen molar-refractivity contribution in [3.8, 4) is 0 Å². The Kier molecular flexibility index (Phi) is 2.39. The zero-order chi connectivity index (χ0) is 10.1. The Morgan fingerprint density at radius 1 is 1.29 bits per heavy atom. The fourth-order valence-corrected chi connectivity index (χ4v) is 1.60. The van der Waals surface area contributed by atoms with Crippen LogP contribution in [0.1, 0.15) is 5.56 Å². The fourth-order valence-electron chi connectivity index (χ4n) is 1.60. The minimum Gasteiger partial charge on any atom is -0.389 e.